The fourth-order valence-corrected chi connectivity index (χ4v) is 7.47. The topological polar surface area (TPSA) is 92.4 Å². The Bertz CT molecular complexity index is 2020. The number of aromatic nitrogens is 3. The molecule has 0 saturated heterocycles. The molecule has 1 atom stereocenters. The molecule has 6 rings (SSSR count). The Kier molecular flexibility index (Phi) is 7.74. The molecule has 0 spiro atoms. The second-order valence-corrected chi connectivity index (χ2v) is 14.0. The number of halogens is 1. The van der Waals surface area contributed by atoms with Gasteiger partial charge >= 0.3 is 5.97 Å². The lowest BCUT2D eigenvalue weighted by molar-refractivity contribution is 0.0603. The van der Waals surface area contributed by atoms with Crippen LogP contribution in [0.3, 0.4) is 0 Å². The molecule has 10 heteroatoms. The first-order chi connectivity index (χ1) is 20.7. The quantitative estimate of drug-likeness (QED) is 0.130. The second-order valence-electron chi connectivity index (χ2n) is 10.5. The van der Waals surface area contributed by atoms with Crippen molar-refractivity contribution in [1.29, 1.82) is 0 Å². The number of hydrogen-bond donors (Lipinski definition) is 0. The number of hydrogen-bond acceptors (Lipinski definition) is 6. The minimum atomic E-state index is -3.95. The van der Waals surface area contributed by atoms with Gasteiger partial charge in [-0.2, -0.15) is 5.10 Å². The Morgan fingerprint density at radius 1 is 1.02 bits per heavy atom. The van der Waals surface area contributed by atoms with Crippen molar-refractivity contribution in [2.75, 3.05) is 7.11 Å². The summed E-state index contributed by atoms with van der Waals surface area (Å²) in [6.45, 7) is 2.33. The molecule has 218 valence electrons. The van der Waals surface area contributed by atoms with E-state index < -0.39 is 20.7 Å². The van der Waals surface area contributed by atoms with Crippen LogP contribution in [0, 0.1) is 3.57 Å². The van der Waals surface area contributed by atoms with Gasteiger partial charge in [-0.15, -0.1) is 0 Å². The average molecular weight is 706 g/mol. The normalized spacial score (nSPS) is 16.7. The van der Waals surface area contributed by atoms with E-state index in [1.165, 1.54) is 26.4 Å². The van der Waals surface area contributed by atoms with Crippen LogP contribution in [0.4, 0.5) is 0 Å². The van der Waals surface area contributed by atoms with E-state index in [2.05, 4.69) is 40.8 Å². The largest absolute Gasteiger partial charge is 0.465 e. The number of carbonyl (C=O) groups excluding carboxylic acids is 1. The van der Waals surface area contributed by atoms with Crippen LogP contribution >= 0.6 is 22.6 Å². The highest BCUT2D eigenvalue weighted by atomic mass is 127. The monoisotopic (exact) mass is 705 g/mol. The van der Waals surface area contributed by atoms with Crippen molar-refractivity contribution in [3.63, 3.8) is 0 Å². The molecule has 0 radical (unpaired) electrons. The number of ether oxygens (including phenoxy) is 2. The highest BCUT2D eigenvalue weighted by molar-refractivity contribution is 14.1. The zero-order valence-electron chi connectivity index (χ0n) is 23.5. The molecule has 1 aliphatic carbocycles. The summed E-state index contributed by atoms with van der Waals surface area (Å²) in [5.74, 6) is 0.463. The predicted molar refractivity (Wildman–Crippen MR) is 174 cm³/mol. The van der Waals surface area contributed by atoms with Crippen LogP contribution in [0.25, 0.3) is 22.2 Å². The third-order valence-electron chi connectivity index (χ3n) is 7.44. The Morgan fingerprint density at radius 3 is 2.65 bits per heavy atom. The van der Waals surface area contributed by atoms with Crippen LogP contribution in [0.2, 0.25) is 0 Å². The number of carbonyl (C=O) groups is 1. The standard InChI is InChI=1S/C33H28IN3O5S/c1-33(43(39,40)37-18-14-28-29(32(38)41-2)12-5-13-31(28)37)16-6-11-27(21-33)42-26-10-4-8-24(20-26)30-15-17-36(35-30)22-23-7-3-9-25(34)19-23/h3-15,17-21H,16,22H2,1-2H3. The van der Waals surface area contributed by atoms with E-state index in [9.17, 15) is 13.2 Å². The highest BCUT2D eigenvalue weighted by Gasteiger charge is 2.40. The molecule has 0 aliphatic heterocycles. The molecule has 3 aromatic carbocycles. The molecule has 0 bridgehead atoms. The van der Waals surface area contributed by atoms with E-state index in [4.69, 9.17) is 14.6 Å². The van der Waals surface area contributed by atoms with Gasteiger partial charge in [0.05, 0.1) is 30.4 Å². The van der Waals surface area contributed by atoms with Gasteiger partial charge in [0.2, 0.25) is 10.0 Å². The zero-order chi connectivity index (χ0) is 30.2. The lowest BCUT2D eigenvalue weighted by atomic mass is 10.0. The summed E-state index contributed by atoms with van der Waals surface area (Å²) in [7, 11) is -2.66. The third kappa shape index (κ3) is 5.64. The summed E-state index contributed by atoms with van der Waals surface area (Å²) in [4.78, 5) is 12.2. The lowest BCUT2D eigenvalue weighted by Crippen LogP contribution is -2.38. The molecule has 5 aromatic rings. The Labute approximate surface area is 263 Å². The molecule has 0 amide bonds. The summed E-state index contributed by atoms with van der Waals surface area (Å²) >= 11 is 2.30. The number of allylic oxidation sites excluding steroid dienone is 2. The predicted octanol–water partition coefficient (Wildman–Crippen LogP) is 6.80. The van der Waals surface area contributed by atoms with Crippen LogP contribution in [0.1, 0.15) is 29.3 Å². The highest BCUT2D eigenvalue weighted by Crippen LogP contribution is 2.35. The number of benzene rings is 3. The van der Waals surface area contributed by atoms with Crippen LogP contribution < -0.4 is 4.74 Å². The van der Waals surface area contributed by atoms with E-state index in [1.807, 2.05) is 47.3 Å². The van der Waals surface area contributed by atoms with Gasteiger partial charge in [-0.3, -0.25) is 4.68 Å². The van der Waals surface area contributed by atoms with Crippen molar-refractivity contribution in [2.45, 2.75) is 24.6 Å². The van der Waals surface area contributed by atoms with E-state index >= 15 is 0 Å². The Balaban J connectivity index is 1.25. The molecule has 0 N–H and O–H groups in total. The molecule has 43 heavy (non-hydrogen) atoms. The Morgan fingerprint density at radius 2 is 1.84 bits per heavy atom. The molecule has 2 aromatic heterocycles. The van der Waals surface area contributed by atoms with Crippen molar-refractivity contribution in [3.8, 4) is 17.0 Å². The van der Waals surface area contributed by atoms with Crippen LogP contribution in [0.15, 0.2) is 115 Å². The number of nitrogens with zero attached hydrogens (tertiary/aromatic N) is 3. The lowest BCUT2D eigenvalue weighted by Gasteiger charge is -2.29. The minimum absolute atomic E-state index is 0.260. The molecule has 1 aliphatic rings. The van der Waals surface area contributed by atoms with E-state index in [-0.39, 0.29) is 6.42 Å². The Hall–Kier alpha value is -4.16. The van der Waals surface area contributed by atoms with Crippen molar-refractivity contribution in [1.82, 2.24) is 13.8 Å². The molecule has 1 unspecified atom stereocenters. The van der Waals surface area contributed by atoms with Crippen molar-refractivity contribution >= 4 is 49.5 Å². The van der Waals surface area contributed by atoms with Gasteiger partial charge in [-0.05, 0) is 102 Å². The van der Waals surface area contributed by atoms with Gasteiger partial charge in [0, 0.05) is 26.9 Å². The average Bonchev–Trinajstić information content (AvgIpc) is 3.65. The van der Waals surface area contributed by atoms with Crippen LogP contribution in [0.5, 0.6) is 5.75 Å². The minimum Gasteiger partial charge on any atom is -0.465 e. The number of rotatable bonds is 8. The first kappa shape index (κ1) is 28.9. The van der Waals surface area contributed by atoms with Gasteiger partial charge in [0.1, 0.15) is 16.3 Å². The smallest absolute Gasteiger partial charge is 0.338 e. The van der Waals surface area contributed by atoms with Crippen molar-refractivity contribution in [2.24, 2.45) is 0 Å². The van der Waals surface area contributed by atoms with Gasteiger partial charge < -0.3 is 9.47 Å². The van der Waals surface area contributed by atoms with Gasteiger partial charge in [0.15, 0.2) is 0 Å². The first-order valence-electron chi connectivity index (χ1n) is 13.6. The summed E-state index contributed by atoms with van der Waals surface area (Å²) in [5, 5.41) is 5.25. The fourth-order valence-electron chi connectivity index (χ4n) is 5.21. The molecule has 0 saturated carbocycles. The summed E-state index contributed by atoms with van der Waals surface area (Å²) in [6.07, 6.45) is 8.91. The van der Waals surface area contributed by atoms with Gasteiger partial charge in [-0.1, -0.05) is 36.4 Å². The molecule has 8 nitrogen and oxygen atoms in total. The maximum atomic E-state index is 14.0. The second kappa shape index (κ2) is 11.5. The van der Waals surface area contributed by atoms with Crippen molar-refractivity contribution in [3.05, 3.63) is 130 Å². The third-order valence-corrected chi connectivity index (χ3v) is 10.4. The molecule has 0 fully saturated rings. The maximum Gasteiger partial charge on any atom is 0.338 e. The van der Waals surface area contributed by atoms with Gasteiger partial charge in [-0.25, -0.2) is 17.2 Å². The summed E-state index contributed by atoms with van der Waals surface area (Å²) in [5.41, 5.74) is 3.58. The van der Waals surface area contributed by atoms with E-state index in [0.717, 1.165) is 11.3 Å². The van der Waals surface area contributed by atoms with Crippen LogP contribution in [-0.2, 0) is 21.3 Å². The fraction of sp³-hybridized carbons (Fsp3) is 0.152. The van der Waals surface area contributed by atoms with Crippen molar-refractivity contribution < 1.29 is 22.7 Å². The molecule has 2 heterocycles. The number of esters is 1. The SMILES string of the molecule is COC(=O)c1cccc2c1ccn2S(=O)(=O)C1(C)C=C(Oc2cccc(-c3ccn(Cc4cccc(I)c4)n3)c2)C=CC1. The van der Waals surface area contributed by atoms with Crippen LogP contribution in [-0.4, -0.2) is 40.0 Å². The maximum absolute atomic E-state index is 14.0. The molecular formula is C33H28IN3O5S. The zero-order valence-corrected chi connectivity index (χ0v) is 26.4. The van der Waals surface area contributed by atoms with E-state index in [1.54, 1.807) is 49.4 Å². The number of methoxy groups -OCH3 is 1. The number of fused-ring (bicyclic) bond motifs is 1. The van der Waals surface area contributed by atoms with E-state index in [0.29, 0.717) is 34.5 Å². The summed E-state index contributed by atoms with van der Waals surface area (Å²) < 4.78 is 42.1. The first-order valence-corrected chi connectivity index (χ1v) is 16.1. The summed E-state index contributed by atoms with van der Waals surface area (Å²) in [6, 6.07) is 24.4. The molecular weight excluding hydrogens is 677 g/mol. The van der Waals surface area contributed by atoms with Gasteiger partial charge in [0.25, 0.3) is 0 Å².